The topological polar surface area (TPSA) is 59.6 Å². The fourth-order valence-electron chi connectivity index (χ4n) is 0.903. The van der Waals surface area contributed by atoms with Crippen LogP contribution in [-0.2, 0) is 9.47 Å². The van der Waals surface area contributed by atoms with Crippen LogP contribution in [0.15, 0.2) is 0 Å². The van der Waals surface area contributed by atoms with E-state index >= 15 is 0 Å². The molecule has 0 radical (unpaired) electrons. The van der Waals surface area contributed by atoms with Crippen LogP contribution in [0.3, 0.4) is 0 Å². The van der Waals surface area contributed by atoms with Gasteiger partial charge in [-0.2, -0.15) is 0 Å². The normalized spacial score (nSPS) is 15.9. The molecule has 13 heavy (non-hydrogen) atoms. The third-order valence-electron chi connectivity index (χ3n) is 1.87. The first kappa shape index (κ1) is 10.3. The zero-order valence-electron chi connectivity index (χ0n) is 8.00. The Bertz CT molecular complexity index is 167. The molecule has 0 atom stereocenters. The second-order valence-electron chi connectivity index (χ2n) is 3.03. The molecule has 1 saturated carbocycles. The van der Waals surface area contributed by atoms with Gasteiger partial charge in [-0.3, -0.25) is 0 Å². The zero-order valence-corrected chi connectivity index (χ0v) is 8.00. The molecular formula is C8H16N2O3. The van der Waals surface area contributed by atoms with Crippen LogP contribution in [0.4, 0.5) is 4.79 Å². The first-order valence-electron chi connectivity index (χ1n) is 4.36. The van der Waals surface area contributed by atoms with Gasteiger partial charge < -0.3 is 20.1 Å². The number of rotatable bonds is 5. The Balaban J connectivity index is 2.05. The van der Waals surface area contributed by atoms with Crippen LogP contribution in [0.1, 0.15) is 12.8 Å². The highest BCUT2D eigenvalue weighted by Gasteiger charge is 2.23. The lowest BCUT2D eigenvalue weighted by Gasteiger charge is -2.14. The summed E-state index contributed by atoms with van der Waals surface area (Å²) in [6.45, 7) is 0.367. The fraction of sp³-hybridized carbons (Fsp3) is 0.875. The molecule has 5 nitrogen and oxygen atoms in total. The molecule has 0 heterocycles. The van der Waals surface area contributed by atoms with E-state index in [-0.39, 0.29) is 12.3 Å². The number of methoxy groups -OCH3 is 2. The second kappa shape index (κ2) is 5.04. The average Bonchev–Trinajstić information content (AvgIpc) is 2.90. The maximum absolute atomic E-state index is 11.1. The highest BCUT2D eigenvalue weighted by Crippen LogP contribution is 2.18. The lowest BCUT2D eigenvalue weighted by atomic mass is 10.6. The van der Waals surface area contributed by atoms with Gasteiger partial charge in [0.25, 0.3) is 0 Å². The molecule has 2 amide bonds. The van der Waals surface area contributed by atoms with Gasteiger partial charge in [0, 0.05) is 20.3 Å². The summed E-state index contributed by atoms with van der Waals surface area (Å²) in [4.78, 5) is 11.1. The summed E-state index contributed by atoms with van der Waals surface area (Å²) in [5, 5.41) is 5.45. The summed E-state index contributed by atoms with van der Waals surface area (Å²) in [5.74, 6) is 0. The molecule has 1 fully saturated rings. The maximum Gasteiger partial charge on any atom is 0.315 e. The second-order valence-corrected chi connectivity index (χ2v) is 3.03. The number of carbonyl (C=O) groups excluding carboxylic acids is 1. The molecule has 1 aliphatic carbocycles. The van der Waals surface area contributed by atoms with Crippen molar-refractivity contribution in [2.75, 3.05) is 20.8 Å². The van der Waals surface area contributed by atoms with E-state index in [1.807, 2.05) is 0 Å². The summed E-state index contributed by atoms with van der Waals surface area (Å²) in [7, 11) is 3.07. The van der Waals surface area contributed by atoms with Crippen LogP contribution in [0.2, 0.25) is 0 Å². The van der Waals surface area contributed by atoms with Crippen LogP contribution >= 0.6 is 0 Å². The van der Waals surface area contributed by atoms with Crippen molar-refractivity contribution in [3.05, 3.63) is 0 Å². The Morgan fingerprint density at radius 1 is 1.46 bits per heavy atom. The Morgan fingerprint density at radius 2 is 2.08 bits per heavy atom. The molecule has 0 bridgehead atoms. The third kappa shape index (κ3) is 4.10. The summed E-state index contributed by atoms with van der Waals surface area (Å²) >= 11 is 0. The lowest BCUT2D eigenvalue weighted by Crippen LogP contribution is -2.41. The van der Waals surface area contributed by atoms with Crippen molar-refractivity contribution in [2.24, 2.45) is 0 Å². The molecule has 0 aromatic rings. The van der Waals surface area contributed by atoms with E-state index in [4.69, 9.17) is 9.47 Å². The first-order chi connectivity index (χ1) is 6.26. The Morgan fingerprint density at radius 3 is 2.54 bits per heavy atom. The van der Waals surface area contributed by atoms with Crippen LogP contribution < -0.4 is 10.6 Å². The van der Waals surface area contributed by atoms with Crippen LogP contribution in [0.5, 0.6) is 0 Å². The average molecular weight is 188 g/mol. The molecule has 0 aliphatic heterocycles. The minimum Gasteiger partial charge on any atom is -0.354 e. The van der Waals surface area contributed by atoms with Gasteiger partial charge in [-0.1, -0.05) is 0 Å². The van der Waals surface area contributed by atoms with Crippen molar-refractivity contribution in [1.29, 1.82) is 0 Å². The predicted octanol–water partition coefficient (Wildman–Crippen LogP) is 0.0669. The first-order valence-corrected chi connectivity index (χ1v) is 4.36. The quantitative estimate of drug-likeness (QED) is 0.600. The molecule has 0 aromatic carbocycles. The Labute approximate surface area is 77.8 Å². The van der Waals surface area contributed by atoms with Gasteiger partial charge in [-0.05, 0) is 12.8 Å². The minimum absolute atomic E-state index is 0.151. The van der Waals surface area contributed by atoms with Gasteiger partial charge in [0.1, 0.15) is 0 Å². The maximum atomic E-state index is 11.1. The van der Waals surface area contributed by atoms with E-state index in [0.29, 0.717) is 12.6 Å². The highest BCUT2D eigenvalue weighted by molar-refractivity contribution is 5.74. The smallest absolute Gasteiger partial charge is 0.315 e. The van der Waals surface area contributed by atoms with Crippen LogP contribution in [0, 0.1) is 0 Å². The van der Waals surface area contributed by atoms with Gasteiger partial charge in [-0.15, -0.1) is 0 Å². The Kier molecular flexibility index (Phi) is 3.98. The molecule has 0 saturated heterocycles. The number of urea groups is 1. The standard InChI is InChI=1S/C8H16N2O3/c1-12-7(13-2)5-9-8(11)10-6-3-4-6/h6-7H,3-5H2,1-2H3,(H2,9,10,11). The van der Waals surface area contributed by atoms with Gasteiger partial charge in [0.15, 0.2) is 6.29 Å². The molecule has 0 unspecified atom stereocenters. The Hall–Kier alpha value is -0.810. The van der Waals surface area contributed by atoms with E-state index in [0.717, 1.165) is 12.8 Å². The van der Waals surface area contributed by atoms with E-state index in [1.54, 1.807) is 0 Å². The van der Waals surface area contributed by atoms with Gasteiger partial charge in [0.2, 0.25) is 0 Å². The molecule has 0 spiro atoms. The molecular weight excluding hydrogens is 172 g/mol. The fourth-order valence-corrected chi connectivity index (χ4v) is 0.903. The van der Waals surface area contributed by atoms with Crippen molar-refractivity contribution in [2.45, 2.75) is 25.2 Å². The summed E-state index contributed by atoms with van der Waals surface area (Å²) in [6.07, 6.45) is 1.81. The molecule has 2 N–H and O–H groups in total. The van der Waals surface area contributed by atoms with Crippen molar-refractivity contribution in [3.63, 3.8) is 0 Å². The van der Waals surface area contributed by atoms with Crippen molar-refractivity contribution < 1.29 is 14.3 Å². The zero-order chi connectivity index (χ0) is 9.68. The SMILES string of the molecule is COC(CNC(=O)NC1CC1)OC. The molecule has 5 heteroatoms. The number of hydrogen-bond acceptors (Lipinski definition) is 3. The highest BCUT2D eigenvalue weighted by atomic mass is 16.7. The summed E-state index contributed by atoms with van der Waals surface area (Å²) < 4.78 is 9.81. The van der Waals surface area contributed by atoms with Crippen LogP contribution in [0.25, 0.3) is 0 Å². The minimum atomic E-state index is -0.370. The van der Waals surface area contributed by atoms with Gasteiger partial charge >= 0.3 is 6.03 Å². The van der Waals surface area contributed by atoms with Crippen molar-refractivity contribution in [1.82, 2.24) is 10.6 Å². The van der Waals surface area contributed by atoms with Crippen molar-refractivity contribution >= 4 is 6.03 Å². The molecule has 1 aliphatic rings. The van der Waals surface area contributed by atoms with Crippen molar-refractivity contribution in [3.8, 4) is 0 Å². The molecule has 76 valence electrons. The summed E-state index contributed by atoms with van der Waals surface area (Å²) in [5.41, 5.74) is 0. The van der Waals surface area contributed by atoms with E-state index in [9.17, 15) is 4.79 Å². The number of ether oxygens (including phenoxy) is 2. The predicted molar refractivity (Wildman–Crippen MR) is 47.4 cm³/mol. The number of carbonyl (C=O) groups is 1. The summed E-state index contributed by atoms with van der Waals surface area (Å²) in [6, 6.07) is 0.227. The van der Waals surface area contributed by atoms with Crippen LogP contribution in [-0.4, -0.2) is 39.1 Å². The molecule has 0 aromatic heterocycles. The monoisotopic (exact) mass is 188 g/mol. The lowest BCUT2D eigenvalue weighted by molar-refractivity contribution is -0.0971. The number of nitrogens with one attached hydrogen (secondary N) is 2. The third-order valence-corrected chi connectivity index (χ3v) is 1.87. The van der Waals surface area contributed by atoms with E-state index in [2.05, 4.69) is 10.6 Å². The number of hydrogen-bond donors (Lipinski definition) is 2. The molecule has 1 rings (SSSR count). The number of amides is 2. The van der Waals surface area contributed by atoms with Gasteiger partial charge in [-0.25, -0.2) is 4.79 Å². The van der Waals surface area contributed by atoms with E-state index in [1.165, 1.54) is 14.2 Å². The van der Waals surface area contributed by atoms with E-state index < -0.39 is 0 Å². The van der Waals surface area contributed by atoms with Gasteiger partial charge in [0.05, 0.1) is 6.54 Å². The largest absolute Gasteiger partial charge is 0.354 e.